The number of para-hydroxylation sites is 1. The number of halogens is 1. The molecule has 3 aromatic carbocycles. The van der Waals surface area contributed by atoms with Crippen molar-refractivity contribution >= 4 is 46.5 Å². The monoisotopic (exact) mass is 602 g/mol. The highest BCUT2D eigenvalue weighted by Gasteiger charge is 2.39. The first-order valence-electron chi connectivity index (χ1n) is 14.1. The van der Waals surface area contributed by atoms with Crippen LogP contribution < -0.4 is 15.4 Å². The fraction of sp³-hybridized carbons (Fsp3) is 0.281. The Kier molecular flexibility index (Phi) is 9.06. The molecule has 5 rings (SSSR count). The molecule has 2 aliphatic rings. The molecule has 0 saturated heterocycles. The molecule has 2 amide bonds. The van der Waals surface area contributed by atoms with Crippen LogP contribution >= 0.6 is 11.6 Å². The van der Waals surface area contributed by atoms with Gasteiger partial charge in [0.05, 0.1) is 24.8 Å². The van der Waals surface area contributed by atoms with Crippen molar-refractivity contribution in [3.05, 3.63) is 82.4 Å². The van der Waals surface area contributed by atoms with Gasteiger partial charge in [0.15, 0.2) is 11.5 Å². The van der Waals surface area contributed by atoms with Gasteiger partial charge in [0.2, 0.25) is 11.7 Å². The lowest BCUT2D eigenvalue weighted by molar-refractivity contribution is -0.325. The van der Waals surface area contributed by atoms with Crippen molar-refractivity contribution in [3.63, 3.8) is 0 Å². The van der Waals surface area contributed by atoms with Gasteiger partial charge < -0.3 is 25.6 Å². The quantitative estimate of drug-likeness (QED) is 0.145. The number of benzene rings is 3. The van der Waals surface area contributed by atoms with Crippen LogP contribution in [0.1, 0.15) is 54.1 Å². The zero-order valence-electron chi connectivity index (χ0n) is 23.9. The Morgan fingerprint density at radius 2 is 1.74 bits per heavy atom. The second kappa shape index (κ2) is 13.1. The molecule has 1 atom stereocenters. The highest BCUT2D eigenvalue weighted by atomic mass is 35.5. The van der Waals surface area contributed by atoms with Crippen LogP contribution in [0.5, 0.6) is 17.2 Å². The van der Waals surface area contributed by atoms with E-state index in [1.165, 1.54) is 18.2 Å². The number of hydrogen-bond donors (Lipinski definition) is 4. The lowest BCUT2D eigenvalue weighted by atomic mass is 9.99. The van der Waals surface area contributed by atoms with Crippen LogP contribution in [0, 0.1) is 0 Å². The van der Waals surface area contributed by atoms with Gasteiger partial charge in [-0.25, -0.2) is 0 Å². The van der Waals surface area contributed by atoms with Gasteiger partial charge in [-0.05, 0) is 61.7 Å². The van der Waals surface area contributed by atoms with Crippen molar-refractivity contribution in [3.8, 4) is 17.2 Å². The van der Waals surface area contributed by atoms with Crippen molar-refractivity contribution in [2.24, 2.45) is 9.98 Å². The second-order valence-corrected chi connectivity index (χ2v) is 10.7. The number of rotatable bonds is 11. The topological polar surface area (TPSA) is 136 Å². The van der Waals surface area contributed by atoms with Gasteiger partial charge in [0, 0.05) is 36.2 Å². The summed E-state index contributed by atoms with van der Waals surface area (Å²) in [6, 6.07) is 17.1. The number of amidine groups is 2. The third kappa shape index (κ3) is 6.54. The Balaban J connectivity index is 1.19. The van der Waals surface area contributed by atoms with Crippen molar-refractivity contribution in [2.45, 2.75) is 38.6 Å². The summed E-state index contributed by atoms with van der Waals surface area (Å²) in [5.74, 6) is 0.882. The maximum Gasteiger partial charge on any atom is 0.272 e. The van der Waals surface area contributed by atoms with E-state index < -0.39 is 17.7 Å². The van der Waals surface area contributed by atoms with E-state index in [0.717, 1.165) is 47.0 Å². The van der Waals surface area contributed by atoms with E-state index in [2.05, 4.69) is 15.6 Å². The Hall–Kier alpha value is -4.70. The molecule has 0 aromatic heterocycles. The van der Waals surface area contributed by atoms with E-state index in [4.69, 9.17) is 21.3 Å². The highest BCUT2D eigenvalue weighted by molar-refractivity contribution is 6.30. The summed E-state index contributed by atoms with van der Waals surface area (Å²) in [7, 11) is 1.62. The highest BCUT2D eigenvalue weighted by Crippen LogP contribution is 2.34. The minimum atomic E-state index is -0.489. The average molecular weight is 603 g/mol. The summed E-state index contributed by atoms with van der Waals surface area (Å²) in [4.78, 5) is 35.0. The molecule has 0 spiro atoms. The minimum absolute atomic E-state index is 0.0253. The summed E-state index contributed by atoms with van der Waals surface area (Å²) in [5.41, 5.74) is 3.43. The Labute approximate surface area is 254 Å². The Morgan fingerprint density at radius 1 is 1.00 bits per heavy atom. The summed E-state index contributed by atoms with van der Waals surface area (Å²) >= 11 is 6.16. The van der Waals surface area contributed by atoms with Crippen molar-refractivity contribution in [1.82, 2.24) is 10.6 Å². The van der Waals surface area contributed by atoms with Gasteiger partial charge in [-0.15, -0.1) is 0 Å². The minimum Gasteiger partial charge on any atom is -0.504 e. The van der Waals surface area contributed by atoms with Gasteiger partial charge in [-0.3, -0.25) is 14.6 Å². The Morgan fingerprint density at radius 3 is 2.47 bits per heavy atom. The van der Waals surface area contributed by atoms with E-state index in [9.17, 15) is 19.8 Å². The fourth-order valence-corrected chi connectivity index (χ4v) is 5.23. The number of fused-ring (bicyclic) bond motifs is 2. The molecular weight excluding hydrogens is 570 g/mol. The molecular formula is C32H33ClN5O5+. The van der Waals surface area contributed by atoms with Crippen LogP contribution in [0.2, 0.25) is 5.02 Å². The predicted molar refractivity (Wildman–Crippen MR) is 165 cm³/mol. The molecule has 2 aliphatic heterocycles. The maximum atomic E-state index is 13.0. The number of hydrogen-bond acceptors (Lipinski definition) is 7. The molecule has 43 heavy (non-hydrogen) atoms. The average Bonchev–Trinajstić information content (AvgIpc) is 3.09. The van der Waals surface area contributed by atoms with Crippen molar-refractivity contribution < 1.29 is 29.1 Å². The number of methoxy groups -OCH3 is 1. The van der Waals surface area contributed by atoms with E-state index >= 15 is 0 Å². The standard InChI is InChI=1S/C32H32ClN5O5/c1-19-36-31-25(18-28(40)34-15-4-3-5-16-35-32(42)23-7-6-8-27(39)30(23)41)37-29(20-9-11-21(33)12-10-20)24-17-22(43-2)13-14-26(24)38(19)31/h6-14,17,25H,3-5,15-16,18H2,1-2H3,(H3-,34,35,39,40,41,42)/p+1. The number of ether oxygens (including phenoxy) is 1. The number of phenols is 2. The maximum absolute atomic E-state index is 13.0. The zero-order valence-corrected chi connectivity index (χ0v) is 24.7. The van der Waals surface area contributed by atoms with Crippen molar-refractivity contribution in [2.75, 3.05) is 20.2 Å². The molecule has 0 radical (unpaired) electrons. The Bertz CT molecular complexity index is 1650. The summed E-state index contributed by atoms with van der Waals surface area (Å²) in [5, 5.41) is 25.8. The third-order valence-corrected chi connectivity index (χ3v) is 7.58. The van der Waals surface area contributed by atoms with Gasteiger partial charge in [0.25, 0.3) is 11.7 Å². The third-order valence-electron chi connectivity index (χ3n) is 7.33. The molecule has 0 saturated carbocycles. The van der Waals surface area contributed by atoms with Gasteiger partial charge >= 0.3 is 0 Å². The number of phenolic OH excluding ortho intramolecular Hbond substituents is 2. The van der Waals surface area contributed by atoms with E-state index in [-0.39, 0.29) is 23.6 Å². The van der Waals surface area contributed by atoms with Crippen LogP contribution in [0.4, 0.5) is 5.69 Å². The van der Waals surface area contributed by atoms with Gasteiger partial charge in [-0.1, -0.05) is 34.8 Å². The first-order valence-corrected chi connectivity index (χ1v) is 14.4. The molecule has 222 valence electrons. The number of aliphatic imine (C=N–C) groups is 2. The van der Waals surface area contributed by atoms with Crippen molar-refractivity contribution in [1.29, 1.82) is 0 Å². The van der Waals surface area contributed by atoms with Crippen LogP contribution in [0.3, 0.4) is 0 Å². The van der Waals surface area contributed by atoms with E-state index in [1.54, 1.807) is 7.11 Å². The number of carbonyl (C=O) groups is 2. The molecule has 10 nitrogen and oxygen atoms in total. The van der Waals surface area contributed by atoms with Gasteiger partial charge in [-0.2, -0.15) is 4.58 Å². The summed E-state index contributed by atoms with van der Waals surface area (Å²) < 4.78 is 7.55. The summed E-state index contributed by atoms with van der Waals surface area (Å²) in [6.07, 6.45) is 2.34. The number of unbranched alkanes of at least 4 members (excludes halogenated alkanes) is 2. The molecule has 0 aliphatic carbocycles. The van der Waals surface area contributed by atoms with E-state index in [1.807, 2.05) is 54.0 Å². The SMILES string of the molecule is COc1ccc2c(c1)C(c1ccc(Cl)cc1)=NC(CC(=O)NCCCCCNC(=O)c1cccc(O)c1O)C1=[N+]2C(C)=N1. The molecule has 1 unspecified atom stereocenters. The molecule has 11 heteroatoms. The van der Waals surface area contributed by atoms with Crippen LogP contribution in [-0.4, -0.2) is 70.2 Å². The molecule has 0 fully saturated rings. The largest absolute Gasteiger partial charge is 0.504 e. The van der Waals surface area contributed by atoms with E-state index in [0.29, 0.717) is 30.3 Å². The first-order chi connectivity index (χ1) is 20.8. The number of nitrogens with one attached hydrogen (secondary N) is 2. The van der Waals surface area contributed by atoms with Crippen LogP contribution in [0.15, 0.2) is 70.6 Å². The molecule has 0 bridgehead atoms. The number of carbonyl (C=O) groups excluding carboxylic acids is 2. The second-order valence-electron chi connectivity index (χ2n) is 10.3. The lowest BCUT2D eigenvalue weighted by Gasteiger charge is -2.19. The van der Waals surface area contributed by atoms with Crippen LogP contribution in [0.25, 0.3) is 0 Å². The summed E-state index contributed by atoms with van der Waals surface area (Å²) in [6.45, 7) is 2.82. The molecule has 4 N–H and O–H groups in total. The first kappa shape index (κ1) is 29.8. The normalized spacial score (nSPS) is 15.3. The predicted octanol–water partition coefficient (Wildman–Crippen LogP) is 4.56. The van der Waals surface area contributed by atoms with Gasteiger partial charge in [0.1, 0.15) is 17.5 Å². The number of amides is 2. The number of nitrogens with zero attached hydrogens (tertiary/aromatic N) is 3. The van der Waals surface area contributed by atoms with Crippen LogP contribution in [-0.2, 0) is 4.79 Å². The smallest absolute Gasteiger partial charge is 0.272 e. The molecule has 3 aromatic rings. The zero-order chi connectivity index (χ0) is 30.5. The molecule has 2 heterocycles. The number of aromatic hydroxyl groups is 2. The fourth-order valence-electron chi connectivity index (χ4n) is 5.11. The lowest BCUT2D eigenvalue weighted by Crippen LogP contribution is -2.40.